The fraction of sp³-hybridized carbons (Fsp3) is 0.158. The van der Waals surface area contributed by atoms with E-state index in [1.54, 1.807) is 18.2 Å². The zero-order valence-corrected chi connectivity index (χ0v) is 15.6. The highest BCUT2D eigenvalue weighted by Gasteiger charge is 2.30. The summed E-state index contributed by atoms with van der Waals surface area (Å²) < 4.78 is 37.9. The van der Waals surface area contributed by atoms with E-state index >= 15 is 0 Å². The maximum atomic E-state index is 12.6. The number of halogens is 3. The van der Waals surface area contributed by atoms with E-state index < -0.39 is 30.2 Å². The Morgan fingerprint density at radius 3 is 2.37 bits per heavy atom. The van der Waals surface area contributed by atoms with Gasteiger partial charge in [0.15, 0.2) is 6.61 Å². The van der Waals surface area contributed by atoms with Crippen molar-refractivity contribution in [2.24, 2.45) is 5.16 Å². The van der Waals surface area contributed by atoms with Crippen molar-refractivity contribution in [3.63, 3.8) is 0 Å². The van der Waals surface area contributed by atoms with Gasteiger partial charge in [-0.3, -0.25) is 14.4 Å². The molecule has 158 valence electrons. The van der Waals surface area contributed by atoms with E-state index in [2.05, 4.69) is 21.1 Å². The molecule has 0 unspecified atom stereocenters. The molecule has 11 heteroatoms. The minimum Gasteiger partial charge on any atom is -0.385 e. The summed E-state index contributed by atoms with van der Waals surface area (Å²) in [7, 11) is 1.47. The van der Waals surface area contributed by atoms with E-state index in [-0.39, 0.29) is 11.6 Å². The molecule has 0 saturated carbocycles. The Hall–Kier alpha value is -3.89. The first-order valence-electron chi connectivity index (χ1n) is 8.44. The molecule has 0 aliphatic carbocycles. The number of benzene rings is 2. The van der Waals surface area contributed by atoms with Gasteiger partial charge in [0, 0.05) is 24.0 Å². The maximum Gasteiger partial charge on any atom is 0.416 e. The van der Waals surface area contributed by atoms with Crippen molar-refractivity contribution in [1.29, 1.82) is 0 Å². The third-order valence-electron chi connectivity index (χ3n) is 3.53. The van der Waals surface area contributed by atoms with Crippen LogP contribution in [-0.2, 0) is 20.6 Å². The summed E-state index contributed by atoms with van der Waals surface area (Å²) in [5.74, 6) is -1.76. The van der Waals surface area contributed by atoms with Crippen molar-refractivity contribution >= 4 is 35.3 Å². The third-order valence-corrected chi connectivity index (χ3v) is 3.53. The van der Waals surface area contributed by atoms with Crippen LogP contribution in [0, 0.1) is 0 Å². The molecule has 0 spiro atoms. The average molecular weight is 422 g/mol. The molecule has 0 fully saturated rings. The van der Waals surface area contributed by atoms with E-state index in [4.69, 9.17) is 4.84 Å². The zero-order chi connectivity index (χ0) is 22.1. The number of carbonyl (C=O) groups is 3. The summed E-state index contributed by atoms with van der Waals surface area (Å²) in [5.41, 5.74) is -0.280. The lowest BCUT2D eigenvalue weighted by Gasteiger charge is -2.08. The second kappa shape index (κ2) is 10.0. The Bertz CT molecular complexity index is 961. The molecule has 0 radical (unpaired) electrons. The maximum absolute atomic E-state index is 12.6. The van der Waals surface area contributed by atoms with Crippen LogP contribution < -0.4 is 16.0 Å². The van der Waals surface area contributed by atoms with Crippen LogP contribution in [0.3, 0.4) is 0 Å². The van der Waals surface area contributed by atoms with Gasteiger partial charge in [0.2, 0.25) is 0 Å². The first-order valence-corrected chi connectivity index (χ1v) is 8.44. The van der Waals surface area contributed by atoms with Gasteiger partial charge >= 0.3 is 6.18 Å². The number of amides is 3. The Kier molecular flexibility index (Phi) is 7.50. The fourth-order valence-corrected chi connectivity index (χ4v) is 2.21. The van der Waals surface area contributed by atoms with Gasteiger partial charge < -0.3 is 20.8 Å². The Balaban J connectivity index is 1.81. The monoisotopic (exact) mass is 422 g/mol. The lowest BCUT2D eigenvalue weighted by molar-refractivity contribution is -0.137. The Morgan fingerprint density at radius 2 is 1.70 bits per heavy atom. The summed E-state index contributed by atoms with van der Waals surface area (Å²) in [6.07, 6.45) is -3.86. The van der Waals surface area contributed by atoms with E-state index in [0.29, 0.717) is 17.5 Å². The number of nitrogens with zero attached hydrogens (tertiary/aromatic N) is 1. The van der Waals surface area contributed by atoms with Crippen molar-refractivity contribution < 1.29 is 32.4 Å². The SMILES string of the molecule is CNC(=O)c1cccc(NC(=O)CO/N=C/C(=O)Nc2cccc(C(F)(F)F)c2)c1. The van der Waals surface area contributed by atoms with Gasteiger partial charge in [0.05, 0.1) is 5.56 Å². The zero-order valence-electron chi connectivity index (χ0n) is 15.6. The van der Waals surface area contributed by atoms with Crippen LogP contribution in [0.15, 0.2) is 53.7 Å². The lowest BCUT2D eigenvalue weighted by atomic mass is 10.2. The summed E-state index contributed by atoms with van der Waals surface area (Å²) >= 11 is 0. The molecule has 8 nitrogen and oxygen atoms in total. The Labute approximate surface area is 169 Å². The predicted octanol–water partition coefficient (Wildman–Crippen LogP) is 2.64. The van der Waals surface area contributed by atoms with Gasteiger partial charge in [-0.15, -0.1) is 0 Å². The second-order valence-corrected chi connectivity index (χ2v) is 5.78. The fourth-order valence-electron chi connectivity index (χ4n) is 2.21. The molecular weight excluding hydrogens is 405 g/mol. The van der Waals surface area contributed by atoms with Crippen LogP contribution in [0.25, 0.3) is 0 Å². The first-order chi connectivity index (χ1) is 14.2. The molecule has 0 aromatic heterocycles. The summed E-state index contributed by atoms with van der Waals surface area (Å²) in [6.45, 7) is -0.530. The summed E-state index contributed by atoms with van der Waals surface area (Å²) in [4.78, 5) is 39.7. The number of nitrogens with one attached hydrogen (secondary N) is 3. The van der Waals surface area contributed by atoms with Crippen molar-refractivity contribution in [2.75, 3.05) is 24.3 Å². The summed E-state index contributed by atoms with van der Waals surface area (Å²) in [6, 6.07) is 10.2. The number of carbonyl (C=O) groups excluding carboxylic acids is 3. The Morgan fingerprint density at radius 1 is 1.03 bits per heavy atom. The molecule has 0 bridgehead atoms. The third kappa shape index (κ3) is 6.93. The molecular formula is C19H17F3N4O4. The van der Waals surface area contributed by atoms with E-state index in [0.717, 1.165) is 18.2 Å². The van der Waals surface area contributed by atoms with Crippen LogP contribution in [-0.4, -0.2) is 37.6 Å². The minimum absolute atomic E-state index is 0.0741. The molecule has 0 aliphatic rings. The quantitative estimate of drug-likeness (QED) is 0.471. The molecule has 30 heavy (non-hydrogen) atoms. The highest BCUT2D eigenvalue weighted by molar-refractivity contribution is 6.31. The van der Waals surface area contributed by atoms with Gasteiger partial charge in [0.1, 0.15) is 6.21 Å². The van der Waals surface area contributed by atoms with Crippen LogP contribution >= 0.6 is 0 Å². The van der Waals surface area contributed by atoms with E-state index in [1.807, 2.05) is 0 Å². The molecule has 3 N–H and O–H groups in total. The molecule has 0 aliphatic heterocycles. The number of rotatable bonds is 7. The van der Waals surface area contributed by atoms with Crippen LogP contribution in [0.2, 0.25) is 0 Å². The number of anilines is 2. The van der Waals surface area contributed by atoms with Crippen LogP contribution in [0.1, 0.15) is 15.9 Å². The topological polar surface area (TPSA) is 109 Å². The van der Waals surface area contributed by atoms with Crippen molar-refractivity contribution in [3.05, 3.63) is 59.7 Å². The number of alkyl halides is 3. The highest BCUT2D eigenvalue weighted by Crippen LogP contribution is 2.30. The van der Waals surface area contributed by atoms with Crippen molar-refractivity contribution in [1.82, 2.24) is 5.32 Å². The molecule has 3 amide bonds. The van der Waals surface area contributed by atoms with Gasteiger partial charge in [0.25, 0.3) is 17.7 Å². The highest BCUT2D eigenvalue weighted by atomic mass is 19.4. The average Bonchev–Trinajstić information content (AvgIpc) is 2.70. The van der Waals surface area contributed by atoms with Crippen LogP contribution in [0.5, 0.6) is 0 Å². The standard InChI is InChI=1S/C19H17F3N4O4/c1-23-18(29)12-4-2-6-14(8-12)26-17(28)11-30-24-10-16(27)25-15-7-3-5-13(9-15)19(20,21)22/h2-10H,11H2,1H3,(H,23,29)(H,25,27)(H,26,28)/b24-10+. The van der Waals surface area contributed by atoms with Gasteiger partial charge in [-0.2, -0.15) is 13.2 Å². The molecule has 2 aromatic rings. The van der Waals surface area contributed by atoms with E-state index in [9.17, 15) is 27.6 Å². The van der Waals surface area contributed by atoms with Crippen molar-refractivity contribution in [3.8, 4) is 0 Å². The second-order valence-electron chi connectivity index (χ2n) is 5.78. The number of hydrogen-bond acceptors (Lipinski definition) is 5. The summed E-state index contributed by atoms with van der Waals surface area (Å²) in [5, 5.41) is 10.4. The molecule has 0 heterocycles. The normalized spacial score (nSPS) is 11.1. The molecule has 2 rings (SSSR count). The first kappa shape index (κ1) is 22.4. The number of oxime groups is 1. The van der Waals surface area contributed by atoms with Crippen molar-refractivity contribution in [2.45, 2.75) is 6.18 Å². The van der Waals surface area contributed by atoms with Gasteiger partial charge in [-0.25, -0.2) is 0 Å². The largest absolute Gasteiger partial charge is 0.416 e. The van der Waals surface area contributed by atoms with Gasteiger partial charge in [-0.1, -0.05) is 17.3 Å². The molecule has 0 saturated heterocycles. The molecule has 2 aromatic carbocycles. The molecule has 0 atom stereocenters. The smallest absolute Gasteiger partial charge is 0.385 e. The predicted molar refractivity (Wildman–Crippen MR) is 103 cm³/mol. The van der Waals surface area contributed by atoms with Gasteiger partial charge in [-0.05, 0) is 36.4 Å². The minimum atomic E-state index is -4.54. The van der Waals surface area contributed by atoms with Crippen LogP contribution in [0.4, 0.5) is 24.5 Å². The van der Waals surface area contributed by atoms with E-state index in [1.165, 1.54) is 19.2 Å². The lowest BCUT2D eigenvalue weighted by Crippen LogP contribution is -2.20. The number of hydrogen-bond donors (Lipinski definition) is 3.